The monoisotopic (exact) mass is 290 g/mol. The van der Waals surface area contributed by atoms with Crippen LogP contribution in [0.25, 0.3) is 10.9 Å². The van der Waals surface area contributed by atoms with E-state index in [9.17, 15) is 0 Å². The van der Waals surface area contributed by atoms with Crippen molar-refractivity contribution in [1.82, 2.24) is 9.47 Å². The molecule has 0 aliphatic carbocycles. The minimum atomic E-state index is 0. The summed E-state index contributed by atoms with van der Waals surface area (Å²) in [6.45, 7) is 4.21. The van der Waals surface area contributed by atoms with Gasteiger partial charge in [0.2, 0.25) is 0 Å². The van der Waals surface area contributed by atoms with Crippen molar-refractivity contribution in [2.45, 2.75) is 13.0 Å². The highest BCUT2D eigenvalue weighted by atomic mass is 35.5. The molecule has 2 aliphatic rings. The SMILES string of the molecule is COc1ccc2c(c1)cc1n2CCN2CCCN=C12.[Cl-]. The predicted octanol–water partition coefficient (Wildman–Crippen LogP) is -0.880. The molecule has 0 saturated carbocycles. The molecule has 5 heteroatoms. The van der Waals surface area contributed by atoms with Crippen molar-refractivity contribution < 1.29 is 17.1 Å². The first-order valence-electron chi connectivity index (χ1n) is 6.84. The zero-order valence-corrected chi connectivity index (χ0v) is 12.2. The largest absolute Gasteiger partial charge is 1.00 e. The summed E-state index contributed by atoms with van der Waals surface area (Å²) in [6.07, 6.45) is 1.18. The molecular formula is C15H17ClN3O-. The fourth-order valence-electron chi connectivity index (χ4n) is 3.14. The van der Waals surface area contributed by atoms with Crippen LogP contribution in [-0.2, 0) is 6.54 Å². The third-order valence-electron chi connectivity index (χ3n) is 4.08. The van der Waals surface area contributed by atoms with Crippen LogP contribution in [0.15, 0.2) is 29.3 Å². The molecule has 0 N–H and O–H groups in total. The lowest BCUT2D eigenvalue weighted by Crippen LogP contribution is -3.00. The Labute approximate surface area is 124 Å². The van der Waals surface area contributed by atoms with Gasteiger partial charge in [0.05, 0.1) is 12.8 Å². The number of benzene rings is 1. The van der Waals surface area contributed by atoms with E-state index in [0.29, 0.717) is 0 Å². The van der Waals surface area contributed by atoms with Gasteiger partial charge in [-0.1, -0.05) is 0 Å². The van der Waals surface area contributed by atoms with Crippen LogP contribution in [-0.4, -0.2) is 42.0 Å². The quantitative estimate of drug-likeness (QED) is 0.683. The molecule has 0 atom stereocenters. The number of rotatable bonds is 1. The first-order valence-corrected chi connectivity index (χ1v) is 6.84. The van der Waals surface area contributed by atoms with Crippen molar-refractivity contribution in [3.05, 3.63) is 30.0 Å². The summed E-state index contributed by atoms with van der Waals surface area (Å²) >= 11 is 0. The normalized spacial score (nSPS) is 17.1. The minimum Gasteiger partial charge on any atom is -1.00 e. The second kappa shape index (κ2) is 5.02. The zero-order chi connectivity index (χ0) is 12.8. The first-order chi connectivity index (χ1) is 9.36. The number of amidine groups is 1. The van der Waals surface area contributed by atoms with Crippen LogP contribution in [0.4, 0.5) is 0 Å². The van der Waals surface area contributed by atoms with E-state index in [4.69, 9.17) is 9.73 Å². The first kappa shape index (κ1) is 13.3. The second-order valence-corrected chi connectivity index (χ2v) is 5.15. The van der Waals surface area contributed by atoms with Gasteiger partial charge >= 0.3 is 0 Å². The van der Waals surface area contributed by atoms with Gasteiger partial charge in [0.25, 0.3) is 0 Å². The molecule has 0 bridgehead atoms. The Bertz CT molecular complexity index is 677. The van der Waals surface area contributed by atoms with Crippen molar-refractivity contribution in [3.63, 3.8) is 0 Å². The molecular weight excluding hydrogens is 274 g/mol. The Morgan fingerprint density at radius 1 is 1.15 bits per heavy atom. The van der Waals surface area contributed by atoms with Gasteiger partial charge in [-0.2, -0.15) is 0 Å². The molecule has 0 spiro atoms. The summed E-state index contributed by atoms with van der Waals surface area (Å²) in [5.74, 6) is 2.09. The number of aliphatic imine (C=N–C) groups is 1. The predicted molar refractivity (Wildman–Crippen MR) is 76.1 cm³/mol. The van der Waals surface area contributed by atoms with Gasteiger partial charge in [0.1, 0.15) is 11.6 Å². The molecule has 0 amide bonds. The molecule has 2 aromatic rings. The van der Waals surface area contributed by atoms with Gasteiger partial charge in [-0.05, 0) is 30.7 Å². The number of aromatic nitrogens is 1. The Kier molecular flexibility index (Phi) is 3.34. The standard InChI is InChI=1S/C15H17N3O.ClH/c1-19-12-3-4-13-11(9-12)10-14-15-16-5-2-6-17(15)7-8-18(13)14;/h3-4,9-10H,2,5-8H2,1H3;1H/p-1. The van der Waals surface area contributed by atoms with Crippen molar-refractivity contribution in [2.75, 3.05) is 26.7 Å². The molecule has 0 fully saturated rings. The van der Waals surface area contributed by atoms with Gasteiger partial charge in [-0.25, -0.2) is 0 Å². The number of halogens is 1. The summed E-state index contributed by atoms with van der Waals surface area (Å²) in [5, 5.41) is 1.24. The number of hydrogen-bond acceptors (Lipinski definition) is 3. The second-order valence-electron chi connectivity index (χ2n) is 5.15. The van der Waals surface area contributed by atoms with Gasteiger partial charge < -0.3 is 26.6 Å². The van der Waals surface area contributed by atoms with Crippen LogP contribution in [0, 0.1) is 0 Å². The molecule has 2 aliphatic heterocycles. The van der Waals surface area contributed by atoms with Crippen molar-refractivity contribution in [2.24, 2.45) is 4.99 Å². The Morgan fingerprint density at radius 3 is 2.90 bits per heavy atom. The maximum atomic E-state index is 5.31. The fraction of sp³-hybridized carbons (Fsp3) is 0.400. The van der Waals surface area contributed by atoms with Gasteiger partial charge in [-0.15, -0.1) is 0 Å². The van der Waals surface area contributed by atoms with Gasteiger partial charge in [-0.3, -0.25) is 4.99 Å². The molecule has 106 valence electrons. The highest BCUT2D eigenvalue weighted by Crippen LogP contribution is 2.28. The van der Waals surface area contributed by atoms with Crippen LogP contribution < -0.4 is 17.1 Å². The third-order valence-corrected chi connectivity index (χ3v) is 4.08. The Balaban J connectivity index is 0.00000121. The minimum absolute atomic E-state index is 0. The van der Waals surface area contributed by atoms with Crippen molar-refractivity contribution >= 4 is 16.7 Å². The molecule has 1 aromatic heterocycles. The molecule has 4 rings (SSSR count). The molecule has 3 heterocycles. The summed E-state index contributed by atoms with van der Waals surface area (Å²) in [7, 11) is 1.71. The summed E-state index contributed by atoms with van der Waals surface area (Å²) in [6, 6.07) is 8.53. The summed E-state index contributed by atoms with van der Waals surface area (Å²) in [5.41, 5.74) is 2.54. The van der Waals surface area contributed by atoms with E-state index >= 15 is 0 Å². The van der Waals surface area contributed by atoms with E-state index < -0.39 is 0 Å². The van der Waals surface area contributed by atoms with Gasteiger partial charge in [0, 0.05) is 37.1 Å². The molecule has 0 saturated heterocycles. The number of hydrogen-bond donors (Lipinski definition) is 0. The maximum Gasteiger partial charge on any atom is 0.148 e. The van der Waals surface area contributed by atoms with Crippen LogP contribution in [0.2, 0.25) is 0 Å². The van der Waals surface area contributed by atoms with E-state index in [-0.39, 0.29) is 12.4 Å². The smallest absolute Gasteiger partial charge is 0.148 e. The molecule has 1 aromatic carbocycles. The van der Waals surface area contributed by atoms with E-state index in [1.54, 1.807) is 7.11 Å². The molecule has 20 heavy (non-hydrogen) atoms. The lowest BCUT2D eigenvalue weighted by Gasteiger charge is -2.34. The van der Waals surface area contributed by atoms with Crippen LogP contribution >= 0.6 is 0 Å². The van der Waals surface area contributed by atoms with Crippen molar-refractivity contribution in [3.8, 4) is 5.75 Å². The number of nitrogens with zero attached hydrogens (tertiary/aromatic N) is 3. The van der Waals surface area contributed by atoms with E-state index in [1.165, 1.54) is 28.9 Å². The maximum absolute atomic E-state index is 5.31. The highest BCUT2D eigenvalue weighted by Gasteiger charge is 2.25. The molecule has 0 radical (unpaired) electrons. The van der Waals surface area contributed by atoms with Crippen LogP contribution in [0.3, 0.4) is 0 Å². The topological polar surface area (TPSA) is 29.8 Å². The van der Waals surface area contributed by atoms with Crippen molar-refractivity contribution in [1.29, 1.82) is 0 Å². The number of ether oxygens (including phenoxy) is 1. The average Bonchev–Trinajstić information content (AvgIpc) is 2.85. The third kappa shape index (κ3) is 1.86. The lowest BCUT2D eigenvalue weighted by atomic mass is 10.2. The van der Waals surface area contributed by atoms with E-state index in [0.717, 1.165) is 31.9 Å². The number of fused-ring (bicyclic) bond motifs is 5. The van der Waals surface area contributed by atoms with E-state index in [1.807, 2.05) is 6.07 Å². The Morgan fingerprint density at radius 2 is 2.05 bits per heavy atom. The Hall–Kier alpha value is -1.68. The lowest BCUT2D eigenvalue weighted by molar-refractivity contribution is -0.00000416. The van der Waals surface area contributed by atoms with Crippen LogP contribution in [0.1, 0.15) is 12.1 Å². The number of methoxy groups -OCH3 is 1. The van der Waals surface area contributed by atoms with Gasteiger partial charge in [0.15, 0.2) is 0 Å². The average molecular weight is 291 g/mol. The summed E-state index contributed by atoms with van der Waals surface area (Å²) in [4.78, 5) is 7.13. The summed E-state index contributed by atoms with van der Waals surface area (Å²) < 4.78 is 7.70. The molecule has 0 unspecified atom stereocenters. The highest BCUT2D eigenvalue weighted by molar-refractivity contribution is 6.03. The fourth-order valence-corrected chi connectivity index (χ4v) is 3.14. The van der Waals surface area contributed by atoms with Crippen LogP contribution in [0.5, 0.6) is 5.75 Å². The zero-order valence-electron chi connectivity index (χ0n) is 11.5. The molecule has 4 nitrogen and oxygen atoms in total. The van der Waals surface area contributed by atoms with E-state index in [2.05, 4.69) is 27.7 Å².